The summed E-state index contributed by atoms with van der Waals surface area (Å²) in [6, 6.07) is 13.6. The fourth-order valence-electron chi connectivity index (χ4n) is 4.41. The Labute approximate surface area is 216 Å². The molecule has 0 unspecified atom stereocenters. The van der Waals surface area contributed by atoms with Crippen LogP contribution in [-0.4, -0.2) is 12.5 Å². The van der Waals surface area contributed by atoms with Gasteiger partial charge in [0.05, 0.1) is 12.2 Å². The lowest BCUT2D eigenvalue weighted by molar-refractivity contribution is 0.102. The van der Waals surface area contributed by atoms with Gasteiger partial charge in [-0.1, -0.05) is 118 Å². The van der Waals surface area contributed by atoms with E-state index in [9.17, 15) is 4.79 Å². The van der Waals surface area contributed by atoms with Gasteiger partial charge in [-0.2, -0.15) is 0 Å². The first-order chi connectivity index (χ1) is 16.7. The van der Waals surface area contributed by atoms with Gasteiger partial charge in [0.1, 0.15) is 5.75 Å². The molecule has 0 aliphatic heterocycles. The molecule has 0 aromatic heterocycles. The van der Waals surface area contributed by atoms with E-state index >= 15 is 0 Å². The third-order valence-electron chi connectivity index (χ3n) is 6.27. The largest absolute Gasteiger partial charge is 0.493 e. The van der Waals surface area contributed by atoms with E-state index in [0.29, 0.717) is 17.9 Å². The van der Waals surface area contributed by atoms with Crippen molar-refractivity contribution in [3.05, 3.63) is 58.1 Å². The predicted octanol–water partition coefficient (Wildman–Crippen LogP) is 9.73. The molecule has 0 radical (unpaired) electrons. The molecule has 2 rings (SSSR count). The fourth-order valence-corrected chi connectivity index (χ4v) is 4.81. The zero-order valence-electron chi connectivity index (χ0n) is 21.3. The Hall–Kier alpha value is -1.81. The summed E-state index contributed by atoms with van der Waals surface area (Å²) in [6.45, 7) is 4.77. The quantitative estimate of drug-likeness (QED) is 0.195. The van der Waals surface area contributed by atoms with Crippen LogP contribution >= 0.6 is 15.9 Å². The summed E-state index contributed by atoms with van der Waals surface area (Å²) in [7, 11) is 0. The van der Waals surface area contributed by atoms with Crippen molar-refractivity contribution in [1.29, 1.82) is 0 Å². The molecule has 188 valence electrons. The van der Waals surface area contributed by atoms with E-state index in [1.54, 1.807) is 0 Å². The monoisotopic (exact) mass is 529 g/mol. The second kappa shape index (κ2) is 17.6. The topological polar surface area (TPSA) is 38.3 Å². The van der Waals surface area contributed by atoms with Gasteiger partial charge in [0.15, 0.2) is 0 Å². The number of rotatable bonds is 18. The number of ether oxygens (including phenoxy) is 1. The average molecular weight is 531 g/mol. The highest BCUT2D eigenvalue weighted by molar-refractivity contribution is 9.10. The molecule has 0 saturated carbocycles. The van der Waals surface area contributed by atoms with Crippen molar-refractivity contribution in [1.82, 2.24) is 0 Å². The minimum atomic E-state index is -0.105. The SMILES string of the molecule is CCCCCCCCCCCCCCCc1cccc(OCC)c1C(=O)Nc1cccc(Br)c1. The van der Waals surface area contributed by atoms with Crippen molar-refractivity contribution in [2.75, 3.05) is 11.9 Å². The first-order valence-corrected chi connectivity index (χ1v) is 14.3. The van der Waals surface area contributed by atoms with Gasteiger partial charge in [0.2, 0.25) is 0 Å². The molecule has 0 spiro atoms. The minimum Gasteiger partial charge on any atom is -0.493 e. The second-order valence-corrected chi connectivity index (χ2v) is 10.1. The van der Waals surface area contributed by atoms with Crippen molar-refractivity contribution < 1.29 is 9.53 Å². The average Bonchev–Trinajstić information content (AvgIpc) is 2.82. The van der Waals surface area contributed by atoms with E-state index in [-0.39, 0.29) is 5.91 Å². The van der Waals surface area contributed by atoms with E-state index in [1.807, 2.05) is 43.3 Å². The summed E-state index contributed by atoms with van der Waals surface area (Å²) in [5.41, 5.74) is 2.52. The van der Waals surface area contributed by atoms with Crippen LogP contribution in [-0.2, 0) is 6.42 Å². The maximum atomic E-state index is 13.2. The number of carbonyl (C=O) groups is 1. The maximum Gasteiger partial charge on any atom is 0.259 e. The van der Waals surface area contributed by atoms with Crippen LogP contribution in [0.4, 0.5) is 5.69 Å². The number of amides is 1. The zero-order valence-corrected chi connectivity index (χ0v) is 22.9. The van der Waals surface area contributed by atoms with Crippen LogP contribution < -0.4 is 10.1 Å². The molecule has 0 bridgehead atoms. The molecular weight excluding hydrogens is 486 g/mol. The van der Waals surface area contributed by atoms with Crippen LogP contribution in [0.15, 0.2) is 46.9 Å². The number of carbonyl (C=O) groups excluding carboxylic acids is 1. The van der Waals surface area contributed by atoms with Gasteiger partial charge >= 0.3 is 0 Å². The molecule has 4 heteroatoms. The van der Waals surface area contributed by atoms with Crippen LogP contribution in [0.5, 0.6) is 5.75 Å². The number of halogens is 1. The predicted molar refractivity (Wildman–Crippen MR) is 149 cm³/mol. The Morgan fingerprint density at radius 2 is 1.38 bits per heavy atom. The summed E-state index contributed by atoms with van der Waals surface area (Å²) in [6.07, 6.45) is 18.3. The molecule has 1 N–H and O–H groups in total. The number of nitrogens with one attached hydrogen (secondary N) is 1. The smallest absolute Gasteiger partial charge is 0.259 e. The Balaban J connectivity index is 1.75. The van der Waals surface area contributed by atoms with E-state index in [2.05, 4.69) is 34.2 Å². The highest BCUT2D eigenvalue weighted by Gasteiger charge is 2.17. The summed E-state index contributed by atoms with van der Waals surface area (Å²) >= 11 is 3.47. The molecule has 0 aliphatic rings. The molecule has 0 saturated heterocycles. The van der Waals surface area contributed by atoms with Crippen molar-refractivity contribution >= 4 is 27.5 Å². The summed E-state index contributed by atoms with van der Waals surface area (Å²) in [5.74, 6) is 0.564. The highest BCUT2D eigenvalue weighted by atomic mass is 79.9. The van der Waals surface area contributed by atoms with Gasteiger partial charge in [0, 0.05) is 10.2 Å². The second-order valence-electron chi connectivity index (χ2n) is 9.18. The molecule has 2 aromatic carbocycles. The van der Waals surface area contributed by atoms with Crippen LogP contribution in [0.1, 0.15) is 113 Å². The molecule has 0 fully saturated rings. The first kappa shape index (κ1) is 28.4. The molecule has 0 aliphatic carbocycles. The minimum absolute atomic E-state index is 0.105. The summed E-state index contributed by atoms with van der Waals surface area (Å²) in [5, 5.41) is 3.04. The standard InChI is InChI=1S/C30H44BrNO2/c1-3-5-6-7-8-9-10-11-12-13-14-15-16-19-25-20-17-23-28(34-4-2)29(25)30(33)32-27-22-18-21-26(31)24-27/h17-18,20-24H,3-16,19H2,1-2H3,(H,32,33). The van der Waals surface area contributed by atoms with Gasteiger partial charge in [-0.15, -0.1) is 0 Å². The molecule has 3 nitrogen and oxygen atoms in total. The molecule has 2 aromatic rings. The maximum absolute atomic E-state index is 13.2. The first-order valence-electron chi connectivity index (χ1n) is 13.5. The van der Waals surface area contributed by atoms with Crippen LogP contribution in [0, 0.1) is 0 Å². The lowest BCUT2D eigenvalue weighted by atomic mass is 9.98. The third-order valence-corrected chi connectivity index (χ3v) is 6.76. The third kappa shape index (κ3) is 11.1. The Morgan fingerprint density at radius 3 is 1.97 bits per heavy atom. The molecule has 0 heterocycles. The van der Waals surface area contributed by atoms with E-state index < -0.39 is 0 Å². The van der Waals surface area contributed by atoms with Gasteiger partial charge in [-0.25, -0.2) is 0 Å². The van der Waals surface area contributed by atoms with Gasteiger partial charge in [0.25, 0.3) is 5.91 Å². The van der Waals surface area contributed by atoms with Crippen molar-refractivity contribution in [3.63, 3.8) is 0 Å². The normalized spacial score (nSPS) is 10.9. The van der Waals surface area contributed by atoms with Gasteiger partial charge in [-0.05, 0) is 49.6 Å². The van der Waals surface area contributed by atoms with Crippen molar-refractivity contribution in [2.24, 2.45) is 0 Å². The van der Waals surface area contributed by atoms with E-state index in [1.165, 1.54) is 77.0 Å². The number of anilines is 1. The molecular formula is C30H44BrNO2. The van der Waals surface area contributed by atoms with Crippen molar-refractivity contribution in [3.8, 4) is 5.75 Å². The fraction of sp³-hybridized carbons (Fsp3) is 0.567. The summed E-state index contributed by atoms with van der Waals surface area (Å²) < 4.78 is 6.75. The molecule has 0 atom stereocenters. The van der Waals surface area contributed by atoms with Gasteiger partial charge < -0.3 is 10.1 Å². The lowest BCUT2D eigenvalue weighted by Gasteiger charge is -2.15. The van der Waals surface area contributed by atoms with Crippen LogP contribution in [0.3, 0.4) is 0 Å². The van der Waals surface area contributed by atoms with E-state index in [4.69, 9.17) is 4.74 Å². The van der Waals surface area contributed by atoms with Crippen molar-refractivity contribution in [2.45, 2.75) is 104 Å². The van der Waals surface area contributed by atoms with Gasteiger partial charge in [-0.3, -0.25) is 4.79 Å². The Bertz CT molecular complexity index is 836. The summed E-state index contributed by atoms with van der Waals surface area (Å²) in [4.78, 5) is 13.2. The zero-order chi connectivity index (χ0) is 24.4. The lowest BCUT2D eigenvalue weighted by Crippen LogP contribution is -2.16. The number of aryl methyl sites for hydroxylation is 1. The highest BCUT2D eigenvalue weighted by Crippen LogP contribution is 2.26. The molecule has 1 amide bonds. The number of hydrogen-bond acceptors (Lipinski definition) is 2. The van der Waals surface area contributed by atoms with Crippen LogP contribution in [0.2, 0.25) is 0 Å². The molecule has 34 heavy (non-hydrogen) atoms. The Morgan fingerprint density at radius 1 is 0.794 bits per heavy atom. The van der Waals surface area contributed by atoms with E-state index in [0.717, 1.165) is 28.6 Å². The van der Waals surface area contributed by atoms with Crippen LogP contribution in [0.25, 0.3) is 0 Å². The Kier molecular flexibility index (Phi) is 14.7. The number of hydrogen-bond donors (Lipinski definition) is 1. The number of unbranched alkanes of at least 4 members (excludes halogenated alkanes) is 12. The number of benzene rings is 2.